The molecule has 1 spiro atoms. The lowest BCUT2D eigenvalue weighted by atomic mass is 9.96. The minimum absolute atomic E-state index is 0.171. The minimum atomic E-state index is -0.672. The highest BCUT2D eigenvalue weighted by Crippen LogP contribution is 2.35. The Kier molecular flexibility index (Phi) is 2.85. The van der Waals surface area contributed by atoms with E-state index in [1.807, 2.05) is 0 Å². The van der Waals surface area contributed by atoms with Crippen LogP contribution < -0.4 is 0 Å². The fourth-order valence-corrected chi connectivity index (χ4v) is 2.07. The zero-order chi connectivity index (χ0) is 10.0. The molecule has 2 rings (SSSR count). The van der Waals surface area contributed by atoms with Crippen LogP contribution in [0.15, 0.2) is 0 Å². The largest absolute Gasteiger partial charge is 0.355 e. The van der Waals surface area contributed by atoms with Gasteiger partial charge >= 0.3 is 0 Å². The molecule has 4 heteroatoms. The normalized spacial score (nSPS) is 38.9. The second-order valence-corrected chi connectivity index (χ2v) is 3.92. The number of hydrogen-bond donors (Lipinski definition) is 0. The molecule has 2 aliphatic heterocycles. The van der Waals surface area contributed by atoms with E-state index in [1.165, 1.54) is 0 Å². The number of Topliss-reactive ketones (excluding diaryl/α,β-unsaturated/α-hetero) is 1. The summed E-state index contributed by atoms with van der Waals surface area (Å²) in [7, 11) is 1.56. The first-order valence-electron chi connectivity index (χ1n) is 5.10. The fraction of sp³-hybridized carbons (Fsp3) is 0.900. The Labute approximate surface area is 83.5 Å². The zero-order valence-electron chi connectivity index (χ0n) is 8.45. The second kappa shape index (κ2) is 3.96. The van der Waals surface area contributed by atoms with Gasteiger partial charge in [0.1, 0.15) is 5.78 Å². The zero-order valence-corrected chi connectivity index (χ0v) is 8.45. The predicted molar refractivity (Wildman–Crippen MR) is 48.7 cm³/mol. The summed E-state index contributed by atoms with van der Waals surface area (Å²) in [6.07, 6.45) is 3.22. The molecule has 2 aliphatic rings. The standard InChI is InChI=1S/C10H16O4/c1-12-9-6-8(11)7-10(14-9)4-2-3-5-13-10/h9H,2-7H2,1H3/t9-,10+/m1/s1. The smallest absolute Gasteiger partial charge is 0.178 e. The van der Waals surface area contributed by atoms with Gasteiger partial charge in [0.2, 0.25) is 0 Å². The highest BCUT2D eigenvalue weighted by Gasteiger charge is 2.43. The number of carbonyl (C=O) groups excluding carboxylic acids is 1. The first-order chi connectivity index (χ1) is 6.74. The number of hydrogen-bond acceptors (Lipinski definition) is 4. The minimum Gasteiger partial charge on any atom is -0.355 e. The summed E-state index contributed by atoms with van der Waals surface area (Å²) in [6.45, 7) is 0.684. The lowest BCUT2D eigenvalue weighted by molar-refractivity contribution is -0.326. The van der Waals surface area contributed by atoms with Crippen molar-refractivity contribution in [1.29, 1.82) is 0 Å². The van der Waals surface area contributed by atoms with Crippen LogP contribution in [0.4, 0.5) is 0 Å². The monoisotopic (exact) mass is 200 g/mol. The van der Waals surface area contributed by atoms with Gasteiger partial charge < -0.3 is 14.2 Å². The third-order valence-electron chi connectivity index (χ3n) is 2.79. The van der Waals surface area contributed by atoms with E-state index < -0.39 is 12.1 Å². The molecule has 0 aromatic heterocycles. The molecule has 2 fully saturated rings. The summed E-state index contributed by atoms with van der Waals surface area (Å²) in [5.41, 5.74) is 0. The highest BCUT2D eigenvalue weighted by molar-refractivity contribution is 5.80. The predicted octanol–water partition coefficient (Wildman–Crippen LogP) is 1.24. The van der Waals surface area contributed by atoms with Gasteiger partial charge in [-0.1, -0.05) is 0 Å². The third kappa shape index (κ3) is 1.97. The van der Waals surface area contributed by atoms with E-state index in [9.17, 15) is 4.79 Å². The van der Waals surface area contributed by atoms with E-state index in [2.05, 4.69) is 0 Å². The summed E-state index contributed by atoms with van der Waals surface area (Å²) < 4.78 is 16.3. The number of methoxy groups -OCH3 is 1. The molecule has 0 aromatic carbocycles. The Morgan fingerprint density at radius 1 is 1.50 bits per heavy atom. The van der Waals surface area contributed by atoms with Crippen molar-refractivity contribution < 1.29 is 19.0 Å². The maximum absolute atomic E-state index is 11.5. The lowest BCUT2D eigenvalue weighted by Gasteiger charge is -2.41. The molecular formula is C10H16O4. The molecule has 2 atom stereocenters. The van der Waals surface area contributed by atoms with Crippen LogP contribution >= 0.6 is 0 Å². The SMILES string of the molecule is CO[C@H]1CC(=O)C[C@]2(CCCCO2)O1. The van der Waals surface area contributed by atoms with Crippen LogP contribution in [0.3, 0.4) is 0 Å². The van der Waals surface area contributed by atoms with Crippen molar-refractivity contribution in [3.8, 4) is 0 Å². The van der Waals surface area contributed by atoms with Crippen LogP contribution in [0.25, 0.3) is 0 Å². The number of rotatable bonds is 1. The average Bonchev–Trinajstić information content (AvgIpc) is 2.17. The van der Waals surface area contributed by atoms with Crippen LogP contribution in [0.2, 0.25) is 0 Å². The van der Waals surface area contributed by atoms with E-state index in [1.54, 1.807) is 7.11 Å². The van der Waals surface area contributed by atoms with Gasteiger partial charge in [0, 0.05) is 13.5 Å². The summed E-state index contributed by atoms with van der Waals surface area (Å²) in [5.74, 6) is -0.501. The molecule has 0 saturated carbocycles. The Morgan fingerprint density at radius 3 is 3.00 bits per heavy atom. The average molecular weight is 200 g/mol. The van der Waals surface area contributed by atoms with E-state index >= 15 is 0 Å². The van der Waals surface area contributed by atoms with E-state index in [-0.39, 0.29) is 5.78 Å². The van der Waals surface area contributed by atoms with Gasteiger partial charge in [0.15, 0.2) is 12.1 Å². The quantitative estimate of drug-likeness (QED) is 0.638. The molecule has 4 nitrogen and oxygen atoms in total. The van der Waals surface area contributed by atoms with Crippen LogP contribution in [-0.2, 0) is 19.0 Å². The number of ether oxygens (including phenoxy) is 3. The number of carbonyl (C=O) groups is 1. The Bertz CT molecular complexity index is 220. The summed E-state index contributed by atoms with van der Waals surface area (Å²) in [6, 6.07) is 0. The molecule has 2 heterocycles. The molecule has 80 valence electrons. The van der Waals surface area contributed by atoms with Gasteiger partial charge in [0.05, 0.1) is 19.4 Å². The highest BCUT2D eigenvalue weighted by atomic mass is 16.8. The van der Waals surface area contributed by atoms with Gasteiger partial charge in [-0.15, -0.1) is 0 Å². The van der Waals surface area contributed by atoms with Gasteiger partial charge in [-0.2, -0.15) is 0 Å². The molecular weight excluding hydrogens is 184 g/mol. The van der Waals surface area contributed by atoms with Crippen molar-refractivity contribution in [2.24, 2.45) is 0 Å². The van der Waals surface area contributed by atoms with Crippen LogP contribution in [0.1, 0.15) is 32.1 Å². The Balaban J connectivity index is 2.05. The molecule has 0 unspecified atom stereocenters. The first-order valence-corrected chi connectivity index (χ1v) is 5.10. The van der Waals surface area contributed by atoms with Crippen LogP contribution in [0.5, 0.6) is 0 Å². The number of ketones is 1. The van der Waals surface area contributed by atoms with E-state index in [0.29, 0.717) is 19.4 Å². The van der Waals surface area contributed by atoms with Gasteiger partial charge in [-0.25, -0.2) is 0 Å². The van der Waals surface area contributed by atoms with Crippen molar-refractivity contribution >= 4 is 5.78 Å². The van der Waals surface area contributed by atoms with Gasteiger partial charge in [0.25, 0.3) is 0 Å². The maximum atomic E-state index is 11.5. The van der Waals surface area contributed by atoms with E-state index in [0.717, 1.165) is 19.3 Å². The lowest BCUT2D eigenvalue weighted by Crippen LogP contribution is -2.48. The van der Waals surface area contributed by atoms with Crippen molar-refractivity contribution in [3.63, 3.8) is 0 Å². The molecule has 0 bridgehead atoms. The van der Waals surface area contributed by atoms with Crippen molar-refractivity contribution in [3.05, 3.63) is 0 Å². The molecule has 0 radical (unpaired) electrons. The van der Waals surface area contributed by atoms with Crippen molar-refractivity contribution in [2.75, 3.05) is 13.7 Å². The first kappa shape index (κ1) is 10.1. The molecule has 0 amide bonds. The molecule has 2 saturated heterocycles. The van der Waals surface area contributed by atoms with Crippen LogP contribution in [-0.4, -0.2) is 31.6 Å². The molecule has 0 N–H and O–H groups in total. The maximum Gasteiger partial charge on any atom is 0.178 e. The fourth-order valence-electron chi connectivity index (χ4n) is 2.07. The summed E-state index contributed by atoms with van der Waals surface area (Å²) in [4.78, 5) is 11.5. The third-order valence-corrected chi connectivity index (χ3v) is 2.79. The second-order valence-electron chi connectivity index (χ2n) is 3.92. The summed E-state index contributed by atoms with van der Waals surface area (Å²) in [5, 5.41) is 0. The molecule has 0 aliphatic carbocycles. The topological polar surface area (TPSA) is 44.8 Å². The summed E-state index contributed by atoms with van der Waals surface area (Å²) >= 11 is 0. The van der Waals surface area contributed by atoms with Crippen molar-refractivity contribution in [2.45, 2.75) is 44.2 Å². The Hall–Kier alpha value is -0.450. The Morgan fingerprint density at radius 2 is 2.36 bits per heavy atom. The van der Waals surface area contributed by atoms with Gasteiger partial charge in [-0.3, -0.25) is 4.79 Å². The van der Waals surface area contributed by atoms with Gasteiger partial charge in [-0.05, 0) is 12.8 Å². The van der Waals surface area contributed by atoms with E-state index in [4.69, 9.17) is 14.2 Å². The van der Waals surface area contributed by atoms with Crippen molar-refractivity contribution in [1.82, 2.24) is 0 Å². The molecule has 14 heavy (non-hydrogen) atoms. The van der Waals surface area contributed by atoms with Crippen LogP contribution in [0, 0.1) is 0 Å². The molecule has 0 aromatic rings.